The van der Waals surface area contributed by atoms with Gasteiger partial charge in [0.2, 0.25) is 11.8 Å². The molecule has 2 aromatic rings. The zero-order valence-corrected chi connectivity index (χ0v) is 20.3. The van der Waals surface area contributed by atoms with Crippen LogP contribution < -0.4 is 5.32 Å². The number of hydrogen-bond donors (Lipinski definition) is 1. The Hall–Kier alpha value is -2.82. The molecule has 2 aliphatic rings. The molecule has 0 spiro atoms. The van der Waals surface area contributed by atoms with E-state index in [-0.39, 0.29) is 29.1 Å². The lowest BCUT2D eigenvalue weighted by atomic mass is 9.78. The van der Waals surface area contributed by atoms with Gasteiger partial charge in [0.15, 0.2) is 0 Å². The van der Waals surface area contributed by atoms with Gasteiger partial charge in [0.25, 0.3) is 0 Å². The van der Waals surface area contributed by atoms with Crippen LogP contribution in [0.4, 0.5) is 5.69 Å². The van der Waals surface area contributed by atoms with Crippen molar-refractivity contribution in [2.45, 2.75) is 71.9 Å². The van der Waals surface area contributed by atoms with Crippen LogP contribution in [-0.2, 0) is 16.1 Å². The molecule has 0 saturated heterocycles. The fourth-order valence-corrected chi connectivity index (χ4v) is 5.51. The summed E-state index contributed by atoms with van der Waals surface area (Å²) in [5, 5.41) is 3.12. The Kier molecular flexibility index (Phi) is 6.51. The predicted molar refractivity (Wildman–Crippen MR) is 130 cm³/mol. The van der Waals surface area contributed by atoms with Gasteiger partial charge in [-0.15, -0.1) is 0 Å². The molecule has 1 aromatic carbocycles. The maximum Gasteiger partial charge on any atom is 0.250 e. The summed E-state index contributed by atoms with van der Waals surface area (Å²) >= 11 is 0. The number of allylic oxidation sites excluding steroid dienone is 2. The molecule has 4 rings (SSSR count). The Bertz CT molecular complexity index is 997. The summed E-state index contributed by atoms with van der Waals surface area (Å²) < 4.78 is 5.65. The molecule has 176 valence electrons. The number of carbonyl (C=O) groups is 2. The number of furan rings is 1. The van der Waals surface area contributed by atoms with E-state index in [0.717, 1.165) is 24.9 Å². The van der Waals surface area contributed by atoms with E-state index in [1.54, 1.807) is 6.26 Å². The van der Waals surface area contributed by atoms with E-state index in [2.05, 4.69) is 39.1 Å². The van der Waals surface area contributed by atoms with E-state index in [1.165, 1.54) is 5.57 Å². The van der Waals surface area contributed by atoms with Gasteiger partial charge >= 0.3 is 0 Å². The molecule has 2 fully saturated rings. The van der Waals surface area contributed by atoms with Crippen LogP contribution in [-0.4, -0.2) is 22.3 Å². The first-order chi connectivity index (χ1) is 15.8. The summed E-state index contributed by atoms with van der Waals surface area (Å²) in [6.07, 6.45) is 8.11. The van der Waals surface area contributed by atoms with Crippen LogP contribution in [0.2, 0.25) is 0 Å². The van der Waals surface area contributed by atoms with Gasteiger partial charge in [-0.2, -0.15) is 0 Å². The van der Waals surface area contributed by atoms with Gasteiger partial charge in [0.05, 0.1) is 18.7 Å². The van der Waals surface area contributed by atoms with Gasteiger partial charge in [-0.3, -0.25) is 9.59 Å². The normalized spacial score (nSPS) is 22.8. The molecule has 2 atom stereocenters. The molecule has 0 bridgehead atoms. The highest BCUT2D eigenvalue weighted by atomic mass is 16.3. The molecule has 2 aliphatic carbocycles. The molecular weight excluding hydrogens is 412 g/mol. The van der Waals surface area contributed by atoms with Crippen molar-refractivity contribution in [1.29, 1.82) is 0 Å². The number of para-hydroxylation sites is 1. The minimum Gasteiger partial charge on any atom is -0.467 e. The van der Waals surface area contributed by atoms with Crippen LogP contribution in [0, 0.1) is 17.3 Å². The second kappa shape index (κ2) is 9.20. The van der Waals surface area contributed by atoms with Gasteiger partial charge in [0, 0.05) is 5.69 Å². The summed E-state index contributed by atoms with van der Waals surface area (Å²) in [6.45, 7) is 8.77. The van der Waals surface area contributed by atoms with Gasteiger partial charge in [-0.05, 0) is 62.3 Å². The highest BCUT2D eigenvalue weighted by Crippen LogP contribution is 2.60. The maximum absolute atomic E-state index is 14.2. The molecule has 2 amide bonds. The third-order valence-electron chi connectivity index (χ3n) is 7.50. The number of carbonyl (C=O) groups excluding carboxylic acids is 2. The lowest BCUT2D eigenvalue weighted by Gasteiger charge is -2.45. The van der Waals surface area contributed by atoms with E-state index in [9.17, 15) is 9.59 Å². The van der Waals surface area contributed by atoms with E-state index < -0.39 is 5.54 Å². The second-order valence-corrected chi connectivity index (χ2v) is 10.5. The molecule has 33 heavy (non-hydrogen) atoms. The van der Waals surface area contributed by atoms with Crippen molar-refractivity contribution >= 4 is 17.5 Å². The monoisotopic (exact) mass is 448 g/mol. The largest absolute Gasteiger partial charge is 0.467 e. The summed E-state index contributed by atoms with van der Waals surface area (Å²) in [5.41, 5.74) is 0.968. The first-order valence-electron chi connectivity index (χ1n) is 12.1. The highest BCUT2D eigenvalue weighted by molar-refractivity contribution is 6.01. The smallest absolute Gasteiger partial charge is 0.250 e. The first kappa shape index (κ1) is 23.3. The van der Waals surface area contributed by atoms with Crippen molar-refractivity contribution in [1.82, 2.24) is 4.90 Å². The van der Waals surface area contributed by atoms with Gasteiger partial charge in [-0.25, -0.2) is 0 Å². The van der Waals surface area contributed by atoms with Crippen LogP contribution in [0.1, 0.15) is 65.6 Å². The second-order valence-electron chi connectivity index (χ2n) is 10.5. The number of benzene rings is 1. The SMILES string of the molecule is CC(C)=C[C@H]1[C@@H](C(=O)N(Cc2ccco2)C2(C(=O)Nc3ccccc3)CCCCC2)C1(C)C. The number of nitrogens with zero attached hydrogens (tertiary/aromatic N) is 1. The van der Waals surface area contributed by atoms with E-state index in [0.29, 0.717) is 25.1 Å². The van der Waals surface area contributed by atoms with Crippen molar-refractivity contribution in [3.05, 3.63) is 66.1 Å². The third-order valence-corrected chi connectivity index (χ3v) is 7.50. The predicted octanol–water partition coefficient (Wildman–Crippen LogP) is 6.19. The molecule has 0 aliphatic heterocycles. The van der Waals surface area contributed by atoms with Crippen molar-refractivity contribution in [2.75, 3.05) is 5.32 Å². The zero-order chi connectivity index (χ0) is 23.6. The molecule has 2 saturated carbocycles. The summed E-state index contributed by atoms with van der Waals surface area (Å²) in [6, 6.07) is 13.2. The minimum atomic E-state index is -0.883. The Morgan fingerprint density at radius 1 is 1.06 bits per heavy atom. The van der Waals surface area contributed by atoms with Gasteiger partial charge < -0.3 is 14.6 Å². The third kappa shape index (κ3) is 4.64. The van der Waals surface area contributed by atoms with Crippen LogP contribution in [0.3, 0.4) is 0 Å². The highest BCUT2D eigenvalue weighted by Gasteiger charge is 2.63. The van der Waals surface area contributed by atoms with Crippen molar-refractivity contribution in [3.8, 4) is 0 Å². The molecule has 1 N–H and O–H groups in total. The van der Waals surface area contributed by atoms with E-state index in [4.69, 9.17) is 4.42 Å². The fraction of sp³-hybridized carbons (Fsp3) is 0.500. The molecule has 5 heteroatoms. The Labute approximate surface area is 197 Å². The average molecular weight is 449 g/mol. The first-order valence-corrected chi connectivity index (χ1v) is 12.1. The molecule has 0 unspecified atom stereocenters. The lowest BCUT2D eigenvalue weighted by Crippen LogP contribution is -2.60. The zero-order valence-electron chi connectivity index (χ0n) is 20.3. The topological polar surface area (TPSA) is 62.6 Å². The average Bonchev–Trinajstić information content (AvgIpc) is 3.11. The fourth-order valence-electron chi connectivity index (χ4n) is 5.51. The maximum atomic E-state index is 14.2. The van der Waals surface area contributed by atoms with Gasteiger partial charge in [0.1, 0.15) is 11.3 Å². The Morgan fingerprint density at radius 3 is 2.36 bits per heavy atom. The molecule has 0 radical (unpaired) electrons. The number of anilines is 1. The summed E-state index contributed by atoms with van der Waals surface area (Å²) in [5.74, 6) is 0.727. The van der Waals surface area contributed by atoms with Gasteiger partial charge in [-0.1, -0.05) is 63.0 Å². The Balaban J connectivity index is 1.71. The standard InChI is InChI=1S/C28H36N2O3/c1-20(2)18-23-24(27(23,3)4)25(31)30(19-22-14-11-17-33-22)28(15-9-6-10-16-28)26(32)29-21-12-7-5-8-13-21/h5,7-8,11-14,17-18,23-24H,6,9-10,15-16,19H2,1-4H3,(H,29,32)/t23-,24-/m0/s1. The quantitative estimate of drug-likeness (QED) is 0.514. The number of amides is 2. The van der Waals surface area contributed by atoms with E-state index in [1.807, 2.05) is 47.4 Å². The summed E-state index contributed by atoms with van der Waals surface area (Å²) in [7, 11) is 0. The number of rotatable bonds is 7. The summed E-state index contributed by atoms with van der Waals surface area (Å²) in [4.78, 5) is 29.9. The van der Waals surface area contributed by atoms with Crippen molar-refractivity contribution in [3.63, 3.8) is 0 Å². The van der Waals surface area contributed by atoms with Crippen LogP contribution in [0.5, 0.6) is 0 Å². The van der Waals surface area contributed by atoms with E-state index >= 15 is 0 Å². The number of nitrogens with one attached hydrogen (secondary N) is 1. The molecular formula is C28H36N2O3. The van der Waals surface area contributed by atoms with Crippen molar-refractivity contribution < 1.29 is 14.0 Å². The molecule has 1 aromatic heterocycles. The van der Waals surface area contributed by atoms with Crippen LogP contribution in [0.25, 0.3) is 0 Å². The minimum absolute atomic E-state index is 0.0593. The lowest BCUT2D eigenvalue weighted by molar-refractivity contribution is -0.151. The van der Waals surface area contributed by atoms with Crippen LogP contribution in [0.15, 0.2) is 64.8 Å². The number of hydrogen-bond acceptors (Lipinski definition) is 3. The van der Waals surface area contributed by atoms with Crippen LogP contribution >= 0.6 is 0 Å². The molecule has 1 heterocycles. The Morgan fingerprint density at radius 2 is 1.76 bits per heavy atom. The molecule has 5 nitrogen and oxygen atoms in total. The van der Waals surface area contributed by atoms with Crippen molar-refractivity contribution in [2.24, 2.45) is 17.3 Å².